The lowest BCUT2D eigenvalue weighted by Gasteiger charge is -2.20. The number of carbonyl (C=O) groups is 1. The quantitative estimate of drug-likeness (QED) is 0.290. The second-order valence-corrected chi connectivity index (χ2v) is 8.20. The lowest BCUT2D eigenvalue weighted by Crippen LogP contribution is -2.26. The number of alkyl halides is 2. The smallest absolute Gasteiger partial charge is 0.376 e. The average Bonchev–Trinajstić information content (AvgIpc) is 2.36. The van der Waals surface area contributed by atoms with Gasteiger partial charge >= 0.3 is 11.9 Å². The first-order chi connectivity index (χ1) is 10.4. The Labute approximate surface area is 161 Å². The van der Waals surface area contributed by atoms with Crippen LogP contribution in [-0.2, 0) is 20.9 Å². The van der Waals surface area contributed by atoms with Gasteiger partial charge in [0.25, 0.3) is 0 Å². The Morgan fingerprint density at radius 3 is 2.09 bits per heavy atom. The van der Waals surface area contributed by atoms with Gasteiger partial charge in [-0.2, -0.15) is 8.78 Å². The first kappa shape index (κ1) is 20.8. The van der Waals surface area contributed by atoms with E-state index in [9.17, 15) is 13.6 Å². The van der Waals surface area contributed by atoms with E-state index >= 15 is 0 Å². The number of rotatable bonds is 6. The van der Waals surface area contributed by atoms with Crippen LogP contribution in [0.1, 0.15) is 33.3 Å². The minimum absolute atomic E-state index is 0.103. The summed E-state index contributed by atoms with van der Waals surface area (Å²) in [7, 11) is 0. The molecule has 0 saturated carbocycles. The summed E-state index contributed by atoms with van der Waals surface area (Å²) in [6.45, 7) is 6.17. The number of esters is 1. The van der Waals surface area contributed by atoms with Crippen LogP contribution in [0.5, 0.6) is 5.75 Å². The summed E-state index contributed by atoms with van der Waals surface area (Å²) in [5, 5.41) is 0. The number of halogens is 4. The van der Waals surface area contributed by atoms with Crippen molar-refractivity contribution >= 4 is 51.2 Å². The monoisotopic (exact) mass is 554 g/mol. The first-order valence-corrected chi connectivity index (χ1v) is 8.85. The molecule has 0 N–H and O–H groups in total. The Balaban J connectivity index is 2.72. The fourth-order valence-corrected chi connectivity index (χ4v) is 3.58. The summed E-state index contributed by atoms with van der Waals surface area (Å²) >= 11 is 4.14. The molecule has 23 heavy (non-hydrogen) atoms. The van der Waals surface area contributed by atoms with Crippen molar-refractivity contribution in [1.82, 2.24) is 0 Å². The van der Waals surface area contributed by atoms with Gasteiger partial charge in [0, 0.05) is 6.92 Å². The van der Waals surface area contributed by atoms with Crippen molar-refractivity contribution in [3.63, 3.8) is 0 Å². The summed E-state index contributed by atoms with van der Waals surface area (Å²) in [5.74, 6) is -4.39. The zero-order valence-corrected chi connectivity index (χ0v) is 17.5. The van der Waals surface area contributed by atoms with Crippen LogP contribution < -0.4 is 4.74 Å². The van der Waals surface area contributed by atoms with Crippen LogP contribution in [0, 0.1) is 7.14 Å². The zero-order chi connectivity index (χ0) is 17.8. The minimum Gasteiger partial charge on any atom is -0.465 e. The summed E-state index contributed by atoms with van der Waals surface area (Å²) in [5.41, 5.74) is 0.302. The van der Waals surface area contributed by atoms with Crippen LogP contribution in [0.25, 0.3) is 0 Å². The van der Waals surface area contributed by atoms with Crippen molar-refractivity contribution in [3.8, 4) is 5.75 Å². The molecule has 0 spiro atoms. The molecular weight excluding hydrogens is 536 g/mol. The largest absolute Gasteiger partial charge is 0.465 e. The summed E-state index contributed by atoms with van der Waals surface area (Å²) in [6.07, 6.45) is 0. The Morgan fingerprint density at radius 1 is 1.13 bits per heavy atom. The molecule has 0 aliphatic heterocycles. The molecule has 0 radical (unpaired) electrons. The van der Waals surface area contributed by atoms with Crippen molar-refractivity contribution in [1.29, 1.82) is 0 Å². The zero-order valence-electron chi connectivity index (χ0n) is 13.2. The standard InChI is InChI=1S/C15H18F2I2O4/c1-14(2,3)23-8-22-12-10(18)5-9(6-11(12)19)7-21-13(20)15(4,16)17/h5-6H,7-8H2,1-4H3. The number of benzene rings is 1. The molecule has 0 bridgehead atoms. The number of hydrogen-bond acceptors (Lipinski definition) is 4. The summed E-state index contributed by atoms with van der Waals surface area (Å²) in [4.78, 5) is 11.1. The fourth-order valence-electron chi connectivity index (χ4n) is 1.37. The number of ether oxygens (including phenoxy) is 3. The molecule has 0 atom stereocenters. The van der Waals surface area contributed by atoms with Gasteiger partial charge in [-0.05, 0) is 83.6 Å². The van der Waals surface area contributed by atoms with Gasteiger partial charge in [0.2, 0.25) is 0 Å². The maximum absolute atomic E-state index is 12.8. The molecule has 0 unspecified atom stereocenters. The van der Waals surface area contributed by atoms with Crippen LogP contribution in [0.2, 0.25) is 0 Å². The van der Waals surface area contributed by atoms with Gasteiger partial charge in [0.05, 0.1) is 12.7 Å². The lowest BCUT2D eigenvalue weighted by molar-refractivity contribution is -0.170. The summed E-state index contributed by atoms with van der Waals surface area (Å²) < 4.78 is 42.8. The molecule has 0 aliphatic carbocycles. The Bertz CT molecular complexity index is 543. The topological polar surface area (TPSA) is 44.8 Å². The van der Waals surface area contributed by atoms with E-state index in [-0.39, 0.29) is 19.0 Å². The van der Waals surface area contributed by atoms with E-state index in [0.29, 0.717) is 18.2 Å². The molecule has 0 aromatic heterocycles. The van der Waals surface area contributed by atoms with Gasteiger partial charge in [-0.3, -0.25) is 0 Å². The van der Waals surface area contributed by atoms with Crippen LogP contribution in [0.3, 0.4) is 0 Å². The Hall–Kier alpha value is -0.230. The highest BCUT2D eigenvalue weighted by molar-refractivity contribution is 14.1. The molecule has 0 heterocycles. The average molecular weight is 554 g/mol. The van der Waals surface area contributed by atoms with Crippen LogP contribution >= 0.6 is 45.2 Å². The minimum atomic E-state index is -3.49. The normalized spacial score (nSPS) is 12.2. The Morgan fingerprint density at radius 2 is 1.65 bits per heavy atom. The molecule has 0 aliphatic rings. The number of hydrogen-bond donors (Lipinski definition) is 0. The molecule has 1 aromatic carbocycles. The van der Waals surface area contributed by atoms with Gasteiger partial charge in [-0.25, -0.2) is 4.79 Å². The molecular formula is C15H18F2I2O4. The molecule has 8 heteroatoms. The van der Waals surface area contributed by atoms with Crippen LogP contribution in [-0.4, -0.2) is 24.3 Å². The predicted molar refractivity (Wildman–Crippen MR) is 98.6 cm³/mol. The van der Waals surface area contributed by atoms with Crippen LogP contribution in [0.15, 0.2) is 12.1 Å². The highest BCUT2D eigenvalue weighted by atomic mass is 127. The molecule has 1 rings (SSSR count). The van der Waals surface area contributed by atoms with Gasteiger partial charge in [0.1, 0.15) is 12.4 Å². The van der Waals surface area contributed by atoms with Crippen molar-refractivity contribution in [3.05, 3.63) is 24.8 Å². The predicted octanol–water partition coefficient (Wildman–Crippen LogP) is 4.75. The molecule has 4 nitrogen and oxygen atoms in total. The lowest BCUT2D eigenvalue weighted by atomic mass is 10.2. The van der Waals surface area contributed by atoms with Crippen molar-refractivity contribution < 1.29 is 27.8 Å². The highest BCUT2D eigenvalue weighted by Crippen LogP contribution is 2.30. The first-order valence-electron chi connectivity index (χ1n) is 6.70. The third-order valence-electron chi connectivity index (χ3n) is 2.48. The van der Waals surface area contributed by atoms with E-state index in [1.165, 1.54) is 0 Å². The van der Waals surface area contributed by atoms with E-state index in [0.717, 1.165) is 7.14 Å². The SMILES string of the molecule is CC(C)(C)OCOc1c(I)cc(COC(=O)C(C)(F)F)cc1I. The van der Waals surface area contributed by atoms with Crippen molar-refractivity contribution in [2.45, 2.75) is 45.8 Å². The Kier molecular flexibility index (Phi) is 7.45. The van der Waals surface area contributed by atoms with E-state index in [4.69, 9.17) is 9.47 Å². The fraction of sp³-hybridized carbons (Fsp3) is 0.533. The summed E-state index contributed by atoms with van der Waals surface area (Å²) in [6, 6.07) is 3.44. The van der Waals surface area contributed by atoms with Gasteiger partial charge in [0.15, 0.2) is 6.79 Å². The van der Waals surface area contributed by atoms with Crippen LogP contribution in [0.4, 0.5) is 8.78 Å². The van der Waals surface area contributed by atoms with Gasteiger partial charge in [-0.1, -0.05) is 0 Å². The number of carbonyl (C=O) groups excluding carboxylic acids is 1. The molecule has 0 amide bonds. The molecule has 0 saturated heterocycles. The van der Waals surface area contributed by atoms with E-state index < -0.39 is 11.9 Å². The third-order valence-corrected chi connectivity index (χ3v) is 4.08. The van der Waals surface area contributed by atoms with E-state index in [1.54, 1.807) is 12.1 Å². The second-order valence-electron chi connectivity index (χ2n) is 5.87. The van der Waals surface area contributed by atoms with Crippen molar-refractivity contribution in [2.75, 3.05) is 6.79 Å². The van der Waals surface area contributed by atoms with Gasteiger partial charge in [-0.15, -0.1) is 0 Å². The second kappa shape index (κ2) is 8.24. The highest BCUT2D eigenvalue weighted by Gasteiger charge is 2.34. The van der Waals surface area contributed by atoms with Crippen molar-refractivity contribution in [2.24, 2.45) is 0 Å². The maximum Gasteiger partial charge on any atom is 0.376 e. The van der Waals surface area contributed by atoms with E-state index in [1.807, 2.05) is 20.8 Å². The van der Waals surface area contributed by atoms with E-state index in [2.05, 4.69) is 49.9 Å². The molecule has 130 valence electrons. The van der Waals surface area contributed by atoms with Gasteiger partial charge < -0.3 is 14.2 Å². The maximum atomic E-state index is 12.8. The molecule has 1 aromatic rings. The third kappa shape index (κ3) is 7.46. The molecule has 0 fully saturated rings.